The second-order valence-corrected chi connectivity index (χ2v) is 8.79. The van der Waals surface area contributed by atoms with Gasteiger partial charge in [-0.2, -0.15) is 0 Å². The van der Waals surface area contributed by atoms with Gasteiger partial charge in [0.15, 0.2) is 0 Å². The van der Waals surface area contributed by atoms with Gasteiger partial charge in [-0.1, -0.05) is 89.9 Å². The highest BCUT2D eigenvalue weighted by atomic mass is 35.5. The number of aromatic nitrogens is 1. The second kappa shape index (κ2) is 9.34. The number of rotatable bonds is 6. The van der Waals surface area contributed by atoms with E-state index in [4.69, 9.17) is 27.9 Å². The molecule has 0 fully saturated rings. The maximum atomic E-state index is 6.69. The molecule has 6 heteroatoms. The van der Waals surface area contributed by atoms with Crippen molar-refractivity contribution in [3.8, 4) is 5.75 Å². The molecule has 1 aliphatic heterocycles. The third kappa shape index (κ3) is 4.12. The average Bonchev–Trinajstić information content (AvgIpc) is 3.23. The molecule has 0 saturated carbocycles. The number of methoxy groups -OCH3 is 1. The molecular weight excluding hydrogens is 453 g/mol. The second-order valence-electron chi connectivity index (χ2n) is 7.97. The van der Waals surface area contributed by atoms with Gasteiger partial charge in [0.2, 0.25) is 0 Å². The largest absolute Gasteiger partial charge is 0.494 e. The number of benzene rings is 3. The number of hydrogen-bond donors (Lipinski definition) is 1. The summed E-state index contributed by atoms with van der Waals surface area (Å²) in [6, 6.07) is 27.0. The molecule has 1 unspecified atom stereocenters. The predicted molar refractivity (Wildman–Crippen MR) is 136 cm³/mol. The van der Waals surface area contributed by atoms with Gasteiger partial charge in [0.25, 0.3) is 0 Å². The average molecular weight is 476 g/mol. The number of pyridine rings is 1. The van der Waals surface area contributed by atoms with Crippen LogP contribution in [-0.2, 0) is 6.42 Å². The summed E-state index contributed by atoms with van der Waals surface area (Å²) in [4.78, 5) is 6.34. The molecule has 0 amide bonds. The Hall–Kier alpha value is -3.21. The standard InChI is InChI=1S/C27H23Cl2N3O/c1-33-24-14-8-13-23-26(24)32(25-21(28)16-30-17-22(25)29)27(31-23)20(19-11-6-3-7-12-19)15-18-9-4-2-5-10-18/h2-14,16-17,20,27,31H,15H2,1H3/t20?,27-/m1/s1. The van der Waals surface area contributed by atoms with Gasteiger partial charge in [0, 0.05) is 18.3 Å². The first-order chi connectivity index (χ1) is 16.2. The van der Waals surface area contributed by atoms with Crippen molar-refractivity contribution in [1.29, 1.82) is 0 Å². The van der Waals surface area contributed by atoms with Gasteiger partial charge in [-0.25, -0.2) is 0 Å². The Labute approximate surface area is 203 Å². The summed E-state index contributed by atoms with van der Waals surface area (Å²) in [6.07, 6.45) is 3.93. The molecule has 166 valence electrons. The first-order valence-electron chi connectivity index (χ1n) is 10.8. The maximum Gasteiger partial charge on any atom is 0.144 e. The van der Waals surface area contributed by atoms with Crippen molar-refractivity contribution in [3.05, 3.63) is 112 Å². The smallest absolute Gasteiger partial charge is 0.144 e. The van der Waals surface area contributed by atoms with Gasteiger partial charge in [-0.15, -0.1) is 0 Å². The van der Waals surface area contributed by atoms with Crippen LogP contribution in [0.1, 0.15) is 17.0 Å². The van der Waals surface area contributed by atoms with E-state index in [1.165, 1.54) is 11.1 Å². The van der Waals surface area contributed by atoms with Gasteiger partial charge >= 0.3 is 0 Å². The molecule has 1 aliphatic rings. The van der Waals surface area contributed by atoms with Gasteiger partial charge in [-0.3, -0.25) is 4.98 Å². The van der Waals surface area contributed by atoms with Crippen molar-refractivity contribution in [2.45, 2.75) is 18.5 Å². The quantitative estimate of drug-likeness (QED) is 0.317. The van der Waals surface area contributed by atoms with E-state index >= 15 is 0 Å². The number of para-hydroxylation sites is 1. The summed E-state index contributed by atoms with van der Waals surface area (Å²) in [5, 5.41) is 4.71. The van der Waals surface area contributed by atoms with Crippen LogP contribution < -0.4 is 15.0 Å². The van der Waals surface area contributed by atoms with Crippen LogP contribution in [0.3, 0.4) is 0 Å². The summed E-state index contributed by atoms with van der Waals surface area (Å²) < 4.78 is 5.76. The molecule has 2 heterocycles. The van der Waals surface area contributed by atoms with Crippen LogP contribution in [0.15, 0.2) is 91.3 Å². The summed E-state index contributed by atoms with van der Waals surface area (Å²) in [5.74, 6) is 0.837. The normalized spacial score (nSPS) is 15.6. The lowest BCUT2D eigenvalue weighted by atomic mass is 9.88. The molecule has 0 saturated heterocycles. The van der Waals surface area contributed by atoms with Gasteiger partial charge in [0.1, 0.15) is 17.6 Å². The van der Waals surface area contributed by atoms with E-state index in [9.17, 15) is 0 Å². The van der Waals surface area contributed by atoms with E-state index < -0.39 is 0 Å². The lowest BCUT2D eigenvalue weighted by Gasteiger charge is -2.35. The van der Waals surface area contributed by atoms with Gasteiger partial charge in [-0.05, 0) is 29.7 Å². The summed E-state index contributed by atoms with van der Waals surface area (Å²) in [5.41, 5.74) is 5.06. The summed E-state index contributed by atoms with van der Waals surface area (Å²) >= 11 is 13.4. The molecule has 4 nitrogen and oxygen atoms in total. The van der Waals surface area contributed by atoms with E-state index in [1.54, 1.807) is 19.5 Å². The van der Waals surface area contributed by atoms with E-state index in [1.807, 2.05) is 24.3 Å². The molecule has 33 heavy (non-hydrogen) atoms. The minimum atomic E-state index is -0.156. The minimum Gasteiger partial charge on any atom is -0.494 e. The highest BCUT2D eigenvalue weighted by Gasteiger charge is 2.40. The fourth-order valence-corrected chi connectivity index (χ4v) is 5.11. The summed E-state index contributed by atoms with van der Waals surface area (Å²) in [6.45, 7) is 0. The Morgan fingerprint density at radius 3 is 2.21 bits per heavy atom. The number of hydrogen-bond acceptors (Lipinski definition) is 4. The van der Waals surface area contributed by atoms with Crippen molar-refractivity contribution in [3.63, 3.8) is 0 Å². The Bertz CT molecular complexity index is 1230. The first-order valence-corrected chi connectivity index (χ1v) is 11.5. The Balaban J connectivity index is 1.69. The Morgan fingerprint density at radius 1 is 0.879 bits per heavy atom. The van der Waals surface area contributed by atoms with E-state index in [-0.39, 0.29) is 12.1 Å². The molecule has 0 aliphatic carbocycles. The number of nitrogens with zero attached hydrogens (tertiary/aromatic N) is 2. The Morgan fingerprint density at radius 2 is 1.55 bits per heavy atom. The van der Waals surface area contributed by atoms with Gasteiger partial charge in [0.05, 0.1) is 28.5 Å². The van der Waals surface area contributed by atoms with Crippen molar-refractivity contribution in [1.82, 2.24) is 4.98 Å². The molecule has 4 aromatic rings. The van der Waals surface area contributed by atoms with Crippen molar-refractivity contribution < 1.29 is 4.74 Å². The molecular formula is C27H23Cl2N3O. The zero-order valence-corrected chi connectivity index (χ0v) is 19.6. The third-order valence-electron chi connectivity index (χ3n) is 6.02. The highest BCUT2D eigenvalue weighted by Crippen LogP contribution is 2.52. The molecule has 3 aromatic carbocycles. The number of anilines is 3. The van der Waals surface area contributed by atoms with Gasteiger partial charge < -0.3 is 15.0 Å². The molecule has 2 atom stereocenters. The van der Waals surface area contributed by atoms with Crippen molar-refractivity contribution >= 4 is 40.3 Å². The number of nitrogens with one attached hydrogen (secondary N) is 1. The van der Waals surface area contributed by atoms with Crippen LogP contribution in [0.25, 0.3) is 0 Å². The zero-order valence-electron chi connectivity index (χ0n) is 18.1. The molecule has 1 aromatic heterocycles. The fraction of sp³-hybridized carbons (Fsp3) is 0.148. The van der Waals surface area contributed by atoms with Crippen molar-refractivity contribution in [2.24, 2.45) is 0 Å². The summed E-state index contributed by atoms with van der Waals surface area (Å²) in [7, 11) is 1.68. The van der Waals surface area contributed by atoms with Crippen LogP contribution in [-0.4, -0.2) is 18.3 Å². The number of ether oxygens (including phenoxy) is 1. The van der Waals surface area contributed by atoms with Crippen LogP contribution >= 0.6 is 23.2 Å². The van der Waals surface area contributed by atoms with E-state index in [0.717, 1.165) is 23.5 Å². The third-order valence-corrected chi connectivity index (χ3v) is 6.57. The number of fused-ring (bicyclic) bond motifs is 1. The van der Waals surface area contributed by atoms with Crippen LogP contribution in [0.5, 0.6) is 5.75 Å². The lowest BCUT2D eigenvalue weighted by molar-refractivity contribution is 0.415. The zero-order chi connectivity index (χ0) is 22.8. The van der Waals surface area contributed by atoms with Crippen LogP contribution in [0.2, 0.25) is 10.0 Å². The lowest BCUT2D eigenvalue weighted by Crippen LogP contribution is -2.39. The van der Waals surface area contributed by atoms with Crippen LogP contribution in [0.4, 0.5) is 17.1 Å². The Kier molecular flexibility index (Phi) is 6.12. The monoisotopic (exact) mass is 475 g/mol. The molecule has 1 N–H and O–H groups in total. The maximum absolute atomic E-state index is 6.69. The topological polar surface area (TPSA) is 37.4 Å². The predicted octanol–water partition coefficient (Wildman–Crippen LogP) is 7.31. The molecule has 0 radical (unpaired) electrons. The van der Waals surface area contributed by atoms with Crippen molar-refractivity contribution in [2.75, 3.05) is 17.3 Å². The molecule has 0 spiro atoms. The first kappa shape index (κ1) is 21.6. The molecule has 5 rings (SSSR count). The van der Waals surface area contributed by atoms with E-state index in [2.05, 4.69) is 69.8 Å². The fourth-order valence-electron chi connectivity index (χ4n) is 4.56. The number of halogens is 2. The minimum absolute atomic E-state index is 0.0889. The molecule has 0 bridgehead atoms. The van der Waals surface area contributed by atoms with E-state index in [0.29, 0.717) is 15.7 Å². The highest BCUT2D eigenvalue weighted by molar-refractivity contribution is 6.39. The SMILES string of the molecule is COc1cccc2c1N(c1c(Cl)cncc1Cl)[C@H](C(Cc1ccccc1)c1ccccc1)N2. The van der Waals surface area contributed by atoms with Crippen LogP contribution in [0, 0.1) is 0 Å².